The summed E-state index contributed by atoms with van der Waals surface area (Å²) in [6.45, 7) is 1.94. The third-order valence-corrected chi connectivity index (χ3v) is 3.63. The maximum Gasteiger partial charge on any atom is 0.238 e. The average molecular weight is 302 g/mol. The van der Waals surface area contributed by atoms with E-state index in [0.717, 1.165) is 0 Å². The molecule has 0 atom stereocenters. The van der Waals surface area contributed by atoms with Crippen molar-refractivity contribution in [2.75, 3.05) is 12.4 Å². The maximum absolute atomic E-state index is 11.1. The van der Waals surface area contributed by atoms with E-state index in [1.165, 1.54) is 12.1 Å². The second kappa shape index (κ2) is 6.70. The molecule has 0 radical (unpaired) electrons. The van der Waals surface area contributed by atoms with Crippen LogP contribution < -0.4 is 10.5 Å². The van der Waals surface area contributed by atoms with Gasteiger partial charge in [-0.25, -0.2) is 13.6 Å². The molecule has 104 valence electrons. The summed E-state index contributed by atoms with van der Waals surface area (Å²) in [5.74, 6) is 0.593. The van der Waals surface area contributed by atoms with Crippen LogP contribution in [0.3, 0.4) is 0 Å². The van der Waals surface area contributed by atoms with Gasteiger partial charge in [0.05, 0.1) is 4.90 Å². The fraction of sp³-hybridized carbons (Fsp3) is 0.250. The van der Waals surface area contributed by atoms with E-state index in [1.807, 2.05) is 6.92 Å². The van der Waals surface area contributed by atoms with Crippen LogP contribution in [0.5, 0.6) is 0 Å². The largest absolute Gasteiger partial charge is 0.341 e. The van der Waals surface area contributed by atoms with Crippen molar-refractivity contribution in [1.82, 2.24) is 0 Å². The van der Waals surface area contributed by atoms with E-state index in [-0.39, 0.29) is 4.90 Å². The number of allylic oxidation sites excluding steroid dienone is 1. The lowest BCUT2D eigenvalue weighted by Crippen LogP contribution is -2.13. The van der Waals surface area contributed by atoms with Gasteiger partial charge < -0.3 is 5.32 Å². The molecule has 1 aromatic rings. The molecule has 0 spiro atoms. The highest BCUT2D eigenvalue weighted by Gasteiger charge is 2.07. The number of aliphatic imine (C=N–C) groups is 1. The highest BCUT2D eigenvalue weighted by Crippen LogP contribution is 2.14. The molecule has 0 aliphatic heterocycles. The summed E-state index contributed by atoms with van der Waals surface area (Å²) in [6, 6.07) is 6.07. The lowest BCUT2D eigenvalue weighted by Gasteiger charge is -2.07. The first-order valence-corrected chi connectivity index (χ1v) is 7.52. The van der Waals surface area contributed by atoms with Gasteiger partial charge in [-0.15, -0.1) is 0 Å². The van der Waals surface area contributed by atoms with Crippen molar-refractivity contribution in [2.24, 2.45) is 10.1 Å². The van der Waals surface area contributed by atoms with Crippen LogP contribution >= 0.6 is 11.6 Å². The van der Waals surface area contributed by atoms with Crippen molar-refractivity contribution >= 4 is 33.1 Å². The molecule has 0 heterocycles. The monoisotopic (exact) mass is 301 g/mol. The van der Waals surface area contributed by atoms with E-state index >= 15 is 0 Å². The Labute approximate surface area is 118 Å². The fourth-order valence-corrected chi connectivity index (χ4v) is 1.90. The number of anilines is 1. The van der Waals surface area contributed by atoms with Crippen molar-refractivity contribution in [3.8, 4) is 0 Å². The van der Waals surface area contributed by atoms with Gasteiger partial charge in [0.2, 0.25) is 10.0 Å². The third kappa shape index (κ3) is 5.02. The van der Waals surface area contributed by atoms with Crippen LogP contribution in [-0.4, -0.2) is 21.3 Å². The molecule has 0 bridgehead atoms. The topological polar surface area (TPSA) is 84.5 Å². The molecule has 3 N–H and O–H groups in total. The number of primary sulfonamides is 1. The summed E-state index contributed by atoms with van der Waals surface area (Å²) in [5.41, 5.74) is 0.699. The third-order valence-electron chi connectivity index (χ3n) is 2.33. The van der Waals surface area contributed by atoms with E-state index in [9.17, 15) is 8.42 Å². The number of sulfonamides is 1. The molecule has 7 heteroatoms. The first-order valence-electron chi connectivity index (χ1n) is 5.59. The average Bonchev–Trinajstić information content (AvgIpc) is 2.37. The van der Waals surface area contributed by atoms with Crippen molar-refractivity contribution in [2.45, 2.75) is 18.2 Å². The maximum atomic E-state index is 11.1. The van der Waals surface area contributed by atoms with E-state index in [2.05, 4.69) is 10.3 Å². The van der Waals surface area contributed by atoms with Crippen LogP contribution in [0, 0.1) is 0 Å². The van der Waals surface area contributed by atoms with Gasteiger partial charge in [0.1, 0.15) is 5.84 Å². The molecule has 0 fully saturated rings. The molecule has 0 aliphatic rings. The number of amidine groups is 1. The molecule has 0 aromatic heterocycles. The Morgan fingerprint density at radius 1 is 1.42 bits per heavy atom. The minimum Gasteiger partial charge on any atom is -0.341 e. The predicted molar refractivity (Wildman–Crippen MR) is 79.0 cm³/mol. The number of rotatable bonds is 4. The predicted octanol–water partition coefficient (Wildman–Crippen LogP) is 2.31. The van der Waals surface area contributed by atoms with Crippen LogP contribution in [0.2, 0.25) is 0 Å². The number of halogens is 1. The van der Waals surface area contributed by atoms with Gasteiger partial charge in [-0.05, 0) is 36.8 Å². The molecule has 0 amide bonds. The number of hydrogen-bond acceptors (Lipinski definition) is 3. The second-order valence-corrected chi connectivity index (χ2v) is 5.79. The fourth-order valence-electron chi connectivity index (χ4n) is 1.28. The Hall–Kier alpha value is -1.37. The van der Waals surface area contributed by atoms with E-state index in [1.54, 1.807) is 25.3 Å². The summed E-state index contributed by atoms with van der Waals surface area (Å²) in [5, 5.41) is 8.72. The van der Waals surface area contributed by atoms with Gasteiger partial charge in [-0.3, -0.25) is 4.99 Å². The molecule has 0 saturated heterocycles. The van der Waals surface area contributed by atoms with Gasteiger partial charge in [0, 0.05) is 17.8 Å². The van der Waals surface area contributed by atoms with Crippen molar-refractivity contribution < 1.29 is 8.42 Å². The standard InChI is InChI=1S/C12H16ClN3O2S/c1-3-9(13)8-12(15-2)16-10-4-6-11(7-5-10)19(14,17)18/h4-8H,3H2,1-2H3,(H,15,16)(H2,14,17,18)/b9-8+. The van der Waals surface area contributed by atoms with E-state index in [0.29, 0.717) is 23.0 Å². The molecule has 0 saturated carbocycles. The quantitative estimate of drug-likeness (QED) is 0.661. The van der Waals surface area contributed by atoms with Gasteiger partial charge in [0.25, 0.3) is 0 Å². The van der Waals surface area contributed by atoms with Gasteiger partial charge in [-0.2, -0.15) is 0 Å². The summed E-state index contributed by atoms with van der Waals surface area (Å²) in [7, 11) is -2.03. The van der Waals surface area contributed by atoms with Gasteiger partial charge >= 0.3 is 0 Å². The molecular formula is C12H16ClN3O2S. The Balaban J connectivity index is 2.89. The first-order chi connectivity index (χ1) is 8.86. The Bertz CT molecular complexity index is 592. The molecule has 1 rings (SSSR count). The highest BCUT2D eigenvalue weighted by atomic mass is 35.5. The van der Waals surface area contributed by atoms with Gasteiger partial charge in [0.15, 0.2) is 0 Å². The molecule has 1 aromatic carbocycles. The van der Waals surface area contributed by atoms with Crippen LogP contribution in [0.15, 0.2) is 45.3 Å². The smallest absolute Gasteiger partial charge is 0.238 e. The molecule has 5 nitrogen and oxygen atoms in total. The van der Waals surface area contributed by atoms with Crippen LogP contribution in [0.4, 0.5) is 5.69 Å². The summed E-state index contributed by atoms with van der Waals surface area (Å²) < 4.78 is 22.2. The lowest BCUT2D eigenvalue weighted by atomic mass is 10.3. The number of nitrogens with two attached hydrogens (primary N) is 1. The zero-order valence-electron chi connectivity index (χ0n) is 10.7. The normalized spacial score (nSPS) is 13.5. The highest BCUT2D eigenvalue weighted by molar-refractivity contribution is 7.89. The number of nitrogens with one attached hydrogen (secondary N) is 1. The Kier molecular flexibility index (Phi) is 5.53. The van der Waals surface area contributed by atoms with Crippen LogP contribution in [-0.2, 0) is 10.0 Å². The lowest BCUT2D eigenvalue weighted by molar-refractivity contribution is 0.598. The summed E-state index contributed by atoms with van der Waals surface area (Å²) in [4.78, 5) is 4.11. The minimum atomic E-state index is -3.67. The molecular weight excluding hydrogens is 286 g/mol. The van der Waals surface area contributed by atoms with Crippen molar-refractivity contribution in [3.05, 3.63) is 35.4 Å². The Morgan fingerprint density at radius 2 is 2.00 bits per heavy atom. The number of nitrogens with zero attached hydrogens (tertiary/aromatic N) is 1. The molecule has 0 unspecified atom stereocenters. The molecule has 19 heavy (non-hydrogen) atoms. The van der Waals surface area contributed by atoms with Gasteiger partial charge in [-0.1, -0.05) is 18.5 Å². The summed E-state index contributed by atoms with van der Waals surface area (Å²) in [6.07, 6.45) is 2.43. The van der Waals surface area contributed by atoms with E-state index in [4.69, 9.17) is 16.7 Å². The SMILES string of the molecule is CC/C(Cl)=C\C(=NC)Nc1ccc(S(N)(=O)=O)cc1. The van der Waals surface area contributed by atoms with E-state index < -0.39 is 10.0 Å². The number of benzene rings is 1. The zero-order valence-corrected chi connectivity index (χ0v) is 12.3. The summed E-state index contributed by atoms with van der Waals surface area (Å²) >= 11 is 5.93. The number of hydrogen-bond donors (Lipinski definition) is 2. The van der Waals surface area contributed by atoms with Crippen LogP contribution in [0.25, 0.3) is 0 Å². The zero-order chi connectivity index (χ0) is 14.5. The van der Waals surface area contributed by atoms with Crippen LogP contribution in [0.1, 0.15) is 13.3 Å². The first kappa shape index (κ1) is 15.7. The van der Waals surface area contributed by atoms with Crippen molar-refractivity contribution in [3.63, 3.8) is 0 Å². The second-order valence-electron chi connectivity index (χ2n) is 3.75. The Morgan fingerprint density at radius 3 is 2.42 bits per heavy atom. The molecule has 0 aliphatic carbocycles. The van der Waals surface area contributed by atoms with Crippen molar-refractivity contribution in [1.29, 1.82) is 0 Å². The minimum absolute atomic E-state index is 0.0650.